The molecule has 0 fully saturated rings. The summed E-state index contributed by atoms with van der Waals surface area (Å²) < 4.78 is 0. The lowest BCUT2D eigenvalue weighted by Crippen LogP contribution is -2.30. The van der Waals surface area contributed by atoms with Gasteiger partial charge in [-0.15, -0.1) is 0 Å². The molecular formula is C27H25N3O4. The van der Waals surface area contributed by atoms with Gasteiger partial charge in [0.15, 0.2) is 0 Å². The molecule has 0 radical (unpaired) electrons. The normalized spacial score (nSPS) is 12.5. The quantitative estimate of drug-likeness (QED) is 0.535. The molecular weight excluding hydrogens is 430 g/mol. The highest BCUT2D eigenvalue weighted by Gasteiger charge is 2.37. The maximum absolute atomic E-state index is 13.1. The van der Waals surface area contributed by atoms with Crippen LogP contribution < -0.4 is 15.5 Å². The second-order valence-electron chi connectivity index (χ2n) is 8.29. The monoisotopic (exact) mass is 455 g/mol. The molecule has 4 rings (SSSR count). The predicted octanol–water partition coefficient (Wildman–Crippen LogP) is 4.50. The van der Waals surface area contributed by atoms with Gasteiger partial charge in [0, 0.05) is 23.4 Å². The number of benzene rings is 3. The number of hydrogen-bond donors (Lipinski definition) is 2. The molecule has 0 unspecified atom stereocenters. The molecule has 172 valence electrons. The fourth-order valence-electron chi connectivity index (χ4n) is 3.84. The average Bonchev–Trinajstić information content (AvgIpc) is 3.08. The maximum Gasteiger partial charge on any atom is 0.266 e. The van der Waals surface area contributed by atoms with Crippen LogP contribution in [0.15, 0.2) is 60.7 Å². The number of carbonyl (C=O) groups excluding carboxylic acids is 4. The Balaban J connectivity index is 1.57. The van der Waals surface area contributed by atoms with E-state index in [9.17, 15) is 19.2 Å². The molecule has 0 atom stereocenters. The molecule has 34 heavy (non-hydrogen) atoms. The van der Waals surface area contributed by atoms with E-state index >= 15 is 0 Å². The minimum Gasteiger partial charge on any atom is -0.352 e. The average molecular weight is 456 g/mol. The fourth-order valence-corrected chi connectivity index (χ4v) is 3.84. The van der Waals surface area contributed by atoms with Gasteiger partial charge in [0.1, 0.15) is 0 Å². The Kier molecular flexibility index (Phi) is 6.27. The molecule has 1 heterocycles. The molecule has 7 heteroatoms. The first kappa shape index (κ1) is 22.9. The van der Waals surface area contributed by atoms with Gasteiger partial charge in [-0.25, -0.2) is 4.90 Å². The molecule has 7 nitrogen and oxygen atoms in total. The Morgan fingerprint density at radius 1 is 0.824 bits per heavy atom. The number of hydrogen-bond acceptors (Lipinski definition) is 4. The number of amides is 4. The zero-order chi connectivity index (χ0) is 24.4. The van der Waals surface area contributed by atoms with Crippen LogP contribution in [0.5, 0.6) is 0 Å². The van der Waals surface area contributed by atoms with Gasteiger partial charge < -0.3 is 10.6 Å². The van der Waals surface area contributed by atoms with Gasteiger partial charge in [-0.3, -0.25) is 19.2 Å². The van der Waals surface area contributed by atoms with Gasteiger partial charge in [-0.1, -0.05) is 25.1 Å². The van der Waals surface area contributed by atoms with Crippen molar-refractivity contribution in [2.45, 2.75) is 27.2 Å². The van der Waals surface area contributed by atoms with Crippen molar-refractivity contribution in [1.82, 2.24) is 5.32 Å². The van der Waals surface area contributed by atoms with Crippen LogP contribution in [0.2, 0.25) is 0 Å². The van der Waals surface area contributed by atoms with E-state index in [1.165, 1.54) is 18.2 Å². The van der Waals surface area contributed by atoms with Gasteiger partial charge >= 0.3 is 0 Å². The summed E-state index contributed by atoms with van der Waals surface area (Å²) in [7, 11) is 0. The summed E-state index contributed by atoms with van der Waals surface area (Å²) >= 11 is 0. The third-order valence-electron chi connectivity index (χ3n) is 5.67. The van der Waals surface area contributed by atoms with Crippen molar-refractivity contribution in [3.63, 3.8) is 0 Å². The van der Waals surface area contributed by atoms with Crippen molar-refractivity contribution in [2.24, 2.45) is 0 Å². The molecule has 4 amide bonds. The van der Waals surface area contributed by atoms with Crippen molar-refractivity contribution in [2.75, 3.05) is 16.8 Å². The topological polar surface area (TPSA) is 95.6 Å². The Bertz CT molecular complexity index is 1330. The summed E-state index contributed by atoms with van der Waals surface area (Å²) in [5.41, 5.74) is 3.85. The highest BCUT2D eigenvalue weighted by molar-refractivity contribution is 6.35. The van der Waals surface area contributed by atoms with Gasteiger partial charge in [-0.2, -0.15) is 0 Å². The Hall–Kier alpha value is -4.26. The van der Waals surface area contributed by atoms with E-state index in [0.717, 1.165) is 22.4 Å². The van der Waals surface area contributed by atoms with Gasteiger partial charge in [0.05, 0.1) is 16.8 Å². The van der Waals surface area contributed by atoms with Gasteiger partial charge in [0.2, 0.25) is 0 Å². The molecule has 3 aromatic rings. The summed E-state index contributed by atoms with van der Waals surface area (Å²) in [6, 6.07) is 16.7. The second kappa shape index (κ2) is 9.31. The molecule has 0 saturated carbocycles. The van der Waals surface area contributed by atoms with Crippen LogP contribution in [0.25, 0.3) is 0 Å². The van der Waals surface area contributed by atoms with E-state index in [1.54, 1.807) is 30.3 Å². The van der Waals surface area contributed by atoms with Crippen LogP contribution in [-0.2, 0) is 0 Å². The first-order chi connectivity index (χ1) is 16.3. The lowest BCUT2D eigenvalue weighted by molar-refractivity contribution is 0.0921. The summed E-state index contributed by atoms with van der Waals surface area (Å²) in [6.07, 6.45) is 0.822. The highest BCUT2D eigenvalue weighted by atomic mass is 16.2. The molecule has 3 aromatic carbocycles. The van der Waals surface area contributed by atoms with E-state index < -0.39 is 17.7 Å². The van der Waals surface area contributed by atoms with Crippen molar-refractivity contribution < 1.29 is 19.2 Å². The standard InChI is InChI=1S/C27H25N3O4/c1-4-12-28-24(31)18-6-5-7-20(14-18)29-25(32)19-10-11-21-22(15-19)27(34)30(26(21)33)23-13-16(2)8-9-17(23)3/h5-11,13-15H,4,12H2,1-3H3,(H,28,31)(H,29,32). The fraction of sp³-hybridized carbons (Fsp3) is 0.185. The van der Waals surface area contributed by atoms with Crippen LogP contribution >= 0.6 is 0 Å². The summed E-state index contributed by atoms with van der Waals surface area (Å²) in [5, 5.41) is 5.55. The molecule has 0 spiro atoms. The second-order valence-corrected chi connectivity index (χ2v) is 8.29. The molecule has 0 bridgehead atoms. The lowest BCUT2D eigenvalue weighted by Gasteiger charge is -2.17. The van der Waals surface area contributed by atoms with E-state index in [0.29, 0.717) is 23.5 Å². The molecule has 0 aromatic heterocycles. The van der Waals surface area contributed by atoms with Crippen molar-refractivity contribution in [3.05, 3.63) is 94.0 Å². The number of aryl methyl sites for hydroxylation is 2. The van der Waals surface area contributed by atoms with Crippen LogP contribution in [0.3, 0.4) is 0 Å². The highest BCUT2D eigenvalue weighted by Crippen LogP contribution is 2.32. The first-order valence-corrected chi connectivity index (χ1v) is 11.1. The summed E-state index contributed by atoms with van der Waals surface area (Å²) in [5.74, 6) is -1.53. The Labute approximate surface area is 197 Å². The van der Waals surface area contributed by atoms with Crippen molar-refractivity contribution in [1.29, 1.82) is 0 Å². The predicted molar refractivity (Wildman–Crippen MR) is 131 cm³/mol. The van der Waals surface area contributed by atoms with Gasteiger partial charge in [-0.05, 0) is 73.9 Å². The van der Waals surface area contributed by atoms with Crippen LogP contribution in [0, 0.1) is 13.8 Å². The maximum atomic E-state index is 13.1. The third kappa shape index (κ3) is 4.32. The number of nitrogens with zero attached hydrogens (tertiary/aromatic N) is 1. The smallest absolute Gasteiger partial charge is 0.266 e. The number of anilines is 2. The zero-order valence-electron chi connectivity index (χ0n) is 19.3. The molecule has 0 aliphatic carbocycles. The minimum atomic E-state index is -0.460. The SMILES string of the molecule is CCCNC(=O)c1cccc(NC(=O)c2ccc3c(c2)C(=O)N(c2cc(C)ccc2C)C3=O)c1. The minimum absolute atomic E-state index is 0.186. The van der Waals surface area contributed by atoms with Crippen molar-refractivity contribution >= 4 is 35.0 Å². The molecule has 0 saturated heterocycles. The van der Waals surface area contributed by atoms with Crippen LogP contribution in [0.4, 0.5) is 11.4 Å². The summed E-state index contributed by atoms with van der Waals surface area (Å²) in [4.78, 5) is 52.4. The largest absolute Gasteiger partial charge is 0.352 e. The molecule has 2 N–H and O–H groups in total. The summed E-state index contributed by atoms with van der Waals surface area (Å²) in [6.45, 7) is 6.27. The van der Waals surface area contributed by atoms with E-state index in [-0.39, 0.29) is 22.6 Å². The third-order valence-corrected chi connectivity index (χ3v) is 5.67. The number of fused-ring (bicyclic) bond motifs is 1. The van der Waals surface area contributed by atoms with E-state index in [4.69, 9.17) is 0 Å². The number of rotatable bonds is 6. The number of carbonyl (C=O) groups is 4. The molecule has 1 aliphatic rings. The zero-order valence-corrected chi connectivity index (χ0v) is 19.3. The van der Waals surface area contributed by atoms with Crippen molar-refractivity contribution in [3.8, 4) is 0 Å². The Morgan fingerprint density at radius 3 is 2.32 bits per heavy atom. The first-order valence-electron chi connectivity index (χ1n) is 11.1. The van der Waals surface area contributed by atoms with Crippen LogP contribution in [0.1, 0.15) is 65.9 Å². The number of imide groups is 1. The molecule has 1 aliphatic heterocycles. The Morgan fingerprint density at radius 2 is 1.56 bits per heavy atom. The van der Waals surface area contributed by atoms with E-state index in [2.05, 4.69) is 10.6 Å². The number of nitrogens with one attached hydrogen (secondary N) is 2. The van der Waals surface area contributed by atoms with E-state index in [1.807, 2.05) is 32.9 Å². The lowest BCUT2D eigenvalue weighted by atomic mass is 10.1. The van der Waals surface area contributed by atoms with Crippen LogP contribution in [-0.4, -0.2) is 30.2 Å². The van der Waals surface area contributed by atoms with Gasteiger partial charge in [0.25, 0.3) is 23.6 Å².